The molecule has 3 N–H and O–H groups in total. The molecule has 0 aromatic rings. The van der Waals surface area contributed by atoms with Gasteiger partial charge >= 0.3 is 12.1 Å². The lowest BCUT2D eigenvalue weighted by atomic mass is 9.91. The van der Waals surface area contributed by atoms with Crippen LogP contribution in [-0.4, -0.2) is 65.9 Å². The second kappa shape index (κ2) is 8.83. The first-order valence-electron chi connectivity index (χ1n) is 10.9. The number of hydrogen-bond acceptors (Lipinski definition) is 5. The molecule has 6 unspecified atom stereocenters. The van der Waals surface area contributed by atoms with Gasteiger partial charge in [-0.05, 0) is 43.4 Å². The largest absolute Gasteiger partial charge is 0.471 e. The molecule has 0 spiro atoms. The molecule has 2 saturated heterocycles. The van der Waals surface area contributed by atoms with E-state index in [0.29, 0.717) is 13.0 Å². The van der Waals surface area contributed by atoms with Crippen LogP contribution < -0.4 is 16.0 Å². The molecule has 33 heavy (non-hydrogen) atoms. The van der Waals surface area contributed by atoms with E-state index in [4.69, 9.17) is 0 Å². The highest BCUT2D eigenvalue weighted by Crippen LogP contribution is 2.64. The van der Waals surface area contributed by atoms with Crippen LogP contribution in [0.1, 0.15) is 40.0 Å². The maximum absolute atomic E-state index is 13.2. The number of piperidine rings is 2. The zero-order valence-corrected chi connectivity index (χ0v) is 18.7. The topological polar surface area (TPSA) is 131 Å². The van der Waals surface area contributed by atoms with Crippen LogP contribution in [0.5, 0.6) is 0 Å². The molecule has 1 saturated carbocycles. The molecule has 9 nitrogen and oxygen atoms in total. The van der Waals surface area contributed by atoms with E-state index in [1.165, 1.54) is 4.90 Å². The van der Waals surface area contributed by atoms with Crippen molar-refractivity contribution in [3.8, 4) is 6.07 Å². The van der Waals surface area contributed by atoms with Crippen LogP contribution in [-0.2, 0) is 19.2 Å². The molecule has 1 aliphatic carbocycles. The molecule has 182 valence electrons. The van der Waals surface area contributed by atoms with Crippen molar-refractivity contribution in [2.75, 3.05) is 13.1 Å². The number of hydrogen-bond donors (Lipinski definition) is 3. The van der Waals surface area contributed by atoms with Gasteiger partial charge < -0.3 is 20.9 Å². The summed E-state index contributed by atoms with van der Waals surface area (Å²) in [6.45, 7) is 5.75. The van der Waals surface area contributed by atoms with Crippen LogP contribution in [0.4, 0.5) is 13.2 Å². The third kappa shape index (κ3) is 4.91. The van der Waals surface area contributed by atoms with Gasteiger partial charge in [-0.25, -0.2) is 0 Å². The first kappa shape index (κ1) is 24.8. The Balaban J connectivity index is 1.70. The van der Waals surface area contributed by atoms with Gasteiger partial charge in [0.15, 0.2) is 0 Å². The quantitative estimate of drug-likeness (QED) is 0.518. The fourth-order valence-corrected chi connectivity index (χ4v) is 5.15. The Hall–Kier alpha value is -2.84. The van der Waals surface area contributed by atoms with Gasteiger partial charge in [-0.1, -0.05) is 13.8 Å². The van der Waals surface area contributed by atoms with Crippen LogP contribution in [0.15, 0.2) is 0 Å². The van der Waals surface area contributed by atoms with Crippen molar-refractivity contribution in [1.29, 1.82) is 5.26 Å². The number of carbonyl (C=O) groups is 4. The van der Waals surface area contributed by atoms with Crippen LogP contribution >= 0.6 is 0 Å². The fourth-order valence-electron chi connectivity index (χ4n) is 5.15. The first-order chi connectivity index (χ1) is 15.3. The Morgan fingerprint density at radius 2 is 1.97 bits per heavy atom. The van der Waals surface area contributed by atoms with Crippen molar-refractivity contribution >= 4 is 23.6 Å². The molecule has 2 aliphatic heterocycles. The number of carbonyl (C=O) groups excluding carboxylic acids is 4. The van der Waals surface area contributed by atoms with Crippen molar-refractivity contribution < 1.29 is 32.3 Å². The molecule has 4 amide bonds. The maximum atomic E-state index is 13.2. The Morgan fingerprint density at radius 1 is 1.30 bits per heavy atom. The summed E-state index contributed by atoms with van der Waals surface area (Å²) < 4.78 is 37.7. The van der Waals surface area contributed by atoms with Crippen molar-refractivity contribution in [3.05, 3.63) is 0 Å². The summed E-state index contributed by atoms with van der Waals surface area (Å²) in [5.74, 6) is -4.44. The summed E-state index contributed by atoms with van der Waals surface area (Å²) in [5.41, 5.74) is -0.247. The summed E-state index contributed by atoms with van der Waals surface area (Å²) in [6.07, 6.45) is -3.63. The standard InChI is InChI=1S/C21H28F3N5O4/c1-10(27-19(33)21(22,23)24)18(32)29-9-13-14(20(13,2)3)15(29)17(31)28-12(8-25)7-11-5-4-6-26-16(11)30/h10-15H,4-7,9H2,1-3H3,(H,26,30)(H,27,33)(H,28,31). The van der Waals surface area contributed by atoms with Crippen LogP contribution in [0.3, 0.4) is 0 Å². The average Bonchev–Trinajstić information content (AvgIpc) is 3.08. The molecule has 2 heterocycles. The summed E-state index contributed by atoms with van der Waals surface area (Å²) in [5, 5.41) is 16.5. The zero-order valence-electron chi connectivity index (χ0n) is 18.7. The monoisotopic (exact) mass is 471 g/mol. The molecule has 6 atom stereocenters. The van der Waals surface area contributed by atoms with Gasteiger partial charge in [0.25, 0.3) is 0 Å². The maximum Gasteiger partial charge on any atom is 0.471 e. The van der Waals surface area contributed by atoms with E-state index >= 15 is 0 Å². The lowest BCUT2D eigenvalue weighted by Gasteiger charge is -2.33. The van der Waals surface area contributed by atoms with Crippen LogP contribution in [0.25, 0.3) is 0 Å². The average molecular weight is 471 g/mol. The van der Waals surface area contributed by atoms with E-state index in [1.807, 2.05) is 19.9 Å². The molecule has 0 radical (unpaired) electrons. The zero-order chi connectivity index (χ0) is 24.7. The Morgan fingerprint density at radius 3 is 2.55 bits per heavy atom. The van der Waals surface area contributed by atoms with Crippen molar-refractivity contribution in [1.82, 2.24) is 20.9 Å². The Bertz CT molecular complexity index is 884. The number of nitrogens with zero attached hydrogens (tertiary/aromatic N) is 2. The number of likely N-dealkylation sites (tertiary alicyclic amines) is 1. The molecule has 3 aliphatic rings. The molecule has 0 aromatic carbocycles. The summed E-state index contributed by atoms with van der Waals surface area (Å²) in [4.78, 5) is 50.4. The first-order valence-corrected chi connectivity index (χ1v) is 10.9. The third-order valence-corrected chi connectivity index (χ3v) is 7.13. The molecule has 3 rings (SSSR count). The summed E-state index contributed by atoms with van der Waals surface area (Å²) in [7, 11) is 0. The SMILES string of the molecule is CC(NC(=O)C(F)(F)F)C(=O)N1CC2C(C1C(=O)NC(C#N)CC1CCCNC1=O)C2(C)C. The number of amides is 4. The smallest absolute Gasteiger partial charge is 0.356 e. The third-order valence-electron chi connectivity index (χ3n) is 7.13. The Labute approximate surface area is 189 Å². The molecular weight excluding hydrogens is 443 g/mol. The van der Waals surface area contributed by atoms with Crippen LogP contribution in [0, 0.1) is 34.5 Å². The van der Waals surface area contributed by atoms with Gasteiger partial charge in [0.05, 0.1) is 6.07 Å². The van der Waals surface area contributed by atoms with Gasteiger partial charge in [0.1, 0.15) is 18.1 Å². The molecular formula is C21H28F3N5O4. The minimum atomic E-state index is -5.13. The predicted molar refractivity (Wildman–Crippen MR) is 108 cm³/mol. The van der Waals surface area contributed by atoms with Gasteiger partial charge in [0, 0.05) is 19.0 Å². The minimum absolute atomic E-state index is 0.0209. The molecule has 0 aromatic heterocycles. The van der Waals surface area contributed by atoms with E-state index in [-0.39, 0.29) is 36.1 Å². The van der Waals surface area contributed by atoms with Gasteiger partial charge in [-0.3, -0.25) is 19.2 Å². The van der Waals surface area contributed by atoms with E-state index < -0.39 is 47.9 Å². The number of nitriles is 1. The number of fused-ring (bicyclic) bond motifs is 1. The highest BCUT2D eigenvalue weighted by Gasteiger charge is 2.69. The van der Waals surface area contributed by atoms with Crippen LogP contribution in [0.2, 0.25) is 0 Å². The van der Waals surface area contributed by atoms with E-state index in [1.54, 1.807) is 5.32 Å². The molecule has 12 heteroatoms. The Kier molecular flexibility index (Phi) is 6.64. The normalized spacial score (nSPS) is 29.7. The highest BCUT2D eigenvalue weighted by atomic mass is 19.4. The van der Waals surface area contributed by atoms with Gasteiger partial charge in [-0.2, -0.15) is 18.4 Å². The van der Waals surface area contributed by atoms with Crippen molar-refractivity contribution in [2.24, 2.45) is 23.2 Å². The summed E-state index contributed by atoms with van der Waals surface area (Å²) >= 11 is 0. The van der Waals surface area contributed by atoms with E-state index in [0.717, 1.165) is 13.3 Å². The summed E-state index contributed by atoms with van der Waals surface area (Å²) in [6, 6.07) is -1.42. The van der Waals surface area contributed by atoms with E-state index in [2.05, 4.69) is 10.6 Å². The molecule has 3 fully saturated rings. The minimum Gasteiger partial charge on any atom is -0.356 e. The van der Waals surface area contributed by atoms with Gasteiger partial charge in [0.2, 0.25) is 17.7 Å². The number of rotatable bonds is 6. The lowest BCUT2D eigenvalue weighted by Crippen LogP contribution is -2.57. The number of halogens is 3. The van der Waals surface area contributed by atoms with E-state index in [9.17, 15) is 37.6 Å². The highest BCUT2D eigenvalue weighted by molar-refractivity contribution is 5.94. The van der Waals surface area contributed by atoms with Gasteiger partial charge in [-0.15, -0.1) is 0 Å². The fraction of sp³-hybridized carbons (Fsp3) is 0.762. The second-order valence-electron chi connectivity index (χ2n) is 9.64. The lowest BCUT2D eigenvalue weighted by molar-refractivity contribution is -0.175. The second-order valence-corrected chi connectivity index (χ2v) is 9.64. The van der Waals surface area contributed by atoms with Crippen molar-refractivity contribution in [3.63, 3.8) is 0 Å². The van der Waals surface area contributed by atoms with Crippen molar-refractivity contribution in [2.45, 2.75) is 64.3 Å². The predicted octanol–water partition coefficient (Wildman–Crippen LogP) is 0.461. The number of nitrogens with one attached hydrogen (secondary N) is 3. The molecule has 0 bridgehead atoms. The number of alkyl halides is 3.